The standard InChI is InChI=1S/C16H26N2O3/c1-6-10-17-14(19)9-8-13-11(3)15(16(20)21-7-2)18(5)12(13)4/h6-10H2,1-5H3,(H,17,19). The summed E-state index contributed by atoms with van der Waals surface area (Å²) in [5, 5.41) is 2.87. The number of nitrogens with zero attached hydrogens (tertiary/aromatic N) is 1. The van der Waals surface area contributed by atoms with Crippen molar-refractivity contribution in [3.8, 4) is 0 Å². The zero-order valence-corrected chi connectivity index (χ0v) is 13.7. The van der Waals surface area contributed by atoms with Gasteiger partial charge in [0.05, 0.1) is 6.61 Å². The molecular formula is C16H26N2O3. The second-order valence-corrected chi connectivity index (χ2v) is 5.17. The Morgan fingerprint density at radius 3 is 2.48 bits per heavy atom. The number of aromatic nitrogens is 1. The molecule has 0 unspecified atom stereocenters. The summed E-state index contributed by atoms with van der Waals surface area (Å²) in [6, 6.07) is 0. The first-order chi connectivity index (χ1) is 9.93. The fourth-order valence-corrected chi connectivity index (χ4v) is 2.49. The van der Waals surface area contributed by atoms with Gasteiger partial charge in [0.15, 0.2) is 0 Å². The Balaban J connectivity index is 2.87. The minimum absolute atomic E-state index is 0.0530. The first kappa shape index (κ1) is 17.3. The van der Waals surface area contributed by atoms with E-state index in [0.717, 1.165) is 23.2 Å². The lowest BCUT2D eigenvalue weighted by molar-refractivity contribution is -0.121. The fourth-order valence-electron chi connectivity index (χ4n) is 2.49. The summed E-state index contributed by atoms with van der Waals surface area (Å²) < 4.78 is 6.95. The number of nitrogens with one attached hydrogen (secondary N) is 1. The van der Waals surface area contributed by atoms with E-state index < -0.39 is 0 Å². The average molecular weight is 294 g/mol. The monoisotopic (exact) mass is 294 g/mol. The molecule has 5 heteroatoms. The first-order valence-corrected chi connectivity index (χ1v) is 7.52. The van der Waals surface area contributed by atoms with Gasteiger partial charge in [-0.25, -0.2) is 4.79 Å². The van der Waals surface area contributed by atoms with Crippen LogP contribution in [-0.2, 0) is 23.0 Å². The lowest BCUT2D eigenvalue weighted by Crippen LogP contribution is -2.24. The topological polar surface area (TPSA) is 60.3 Å². The third kappa shape index (κ3) is 4.09. The van der Waals surface area contributed by atoms with Crippen LogP contribution in [0.1, 0.15) is 54.0 Å². The van der Waals surface area contributed by atoms with Crippen molar-refractivity contribution in [3.05, 3.63) is 22.5 Å². The van der Waals surface area contributed by atoms with Gasteiger partial charge in [-0.3, -0.25) is 4.79 Å². The maximum atomic E-state index is 12.0. The van der Waals surface area contributed by atoms with E-state index in [1.807, 2.05) is 32.4 Å². The van der Waals surface area contributed by atoms with Gasteiger partial charge < -0.3 is 14.6 Å². The molecule has 1 aromatic heterocycles. The molecule has 0 saturated carbocycles. The van der Waals surface area contributed by atoms with Crippen LogP contribution in [0.4, 0.5) is 0 Å². The lowest BCUT2D eigenvalue weighted by Gasteiger charge is -2.05. The highest BCUT2D eigenvalue weighted by atomic mass is 16.5. The van der Waals surface area contributed by atoms with Crippen molar-refractivity contribution < 1.29 is 14.3 Å². The largest absolute Gasteiger partial charge is 0.461 e. The van der Waals surface area contributed by atoms with Gasteiger partial charge in [-0.2, -0.15) is 0 Å². The van der Waals surface area contributed by atoms with Crippen LogP contribution in [0.25, 0.3) is 0 Å². The average Bonchev–Trinajstić information content (AvgIpc) is 2.65. The van der Waals surface area contributed by atoms with E-state index in [4.69, 9.17) is 4.74 Å². The zero-order chi connectivity index (χ0) is 16.0. The van der Waals surface area contributed by atoms with Crippen molar-refractivity contribution in [3.63, 3.8) is 0 Å². The Hall–Kier alpha value is -1.78. The smallest absolute Gasteiger partial charge is 0.355 e. The van der Waals surface area contributed by atoms with Gasteiger partial charge in [-0.1, -0.05) is 6.92 Å². The minimum Gasteiger partial charge on any atom is -0.461 e. The Bertz CT molecular complexity index is 518. The normalized spacial score (nSPS) is 10.5. The van der Waals surface area contributed by atoms with E-state index in [9.17, 15) is 9.59 Å². The summed E-state index contributed by atoms with van der Waals surface area (Å²) in [5.41, 5.74) is 3.57. The van der Waals surface area contributed by atoms with Crippen LogP contribution in [0, 0.1) is 13.8 Å². The molecule has 1 N–H and O–H groups in total. The van der Waals surface area contributed by atoms with Gasteiger partial charge in [0.25, 0.3) is 0 Å². The minimum atomic E-state index is -0.303. The van der Waals surface area contributed by atoms with Crippen molar-refractivity contribution in [2.24, 2.45) is 7.05 Å². The van der Waals surface area contributed by atoms with Crippen molar-refractivity contribution >= 4 is 11.9 Å². The van der Waals surface area contributed by atoms with Gasteiger partial charge in [0.2, 0.25) is 5.91 Å². The summed E-state index contributed by atoms with van der Waals surface area (Å²) in [6.07, 6.45) is 2.01. The quantitative estimate of drug-likeness (QED) is 0.785. The molecule has 1 amide bonds. The van der Waals surface area contributed by atoms with Gasteiger partial charge >= 0.3 is 5.97 Å². The highest BCUT2D eigenvalue weighted by Gasteiger charge is 2.21. The number of ether oxygens (including phenoxy) is 1. The molecule has 118 valence electrons. The van der Waals surface area contributed by atoms with Crippen LogP contribution in [0.2, 0.25) is 0 Å². The van der Waals surface area contributed by atoms with E-state index in [2.05, 4.69) is 5.32 Å². The number of hydrogen-bond acceptors (Lipinski definition) is 3. The third-order valence-electron chi connectivity index (χ3n) is 3.73. The molecule has 1 heterocycles. The third-order valence-corrected chi connectivity index (χ3v) is 3.73. The Morgan fingerprint density at radius 1 is 1.24 bits per heavy atom. The predicted molar refractivity (Wildman–Crippen MR) is 82.5 cm³/mol. The highest BCUT2D eigenvalue weighted by Crippen LogP contribution is 2.23. The number of hydrogen-bond donors (Lipinski definition) is 1. The molecule has 0 spiro atoms. The molecule has 0 aliphatic heterocycles. The summed E-state index contributed by atoms with van der Waals surface area (Å²) in [4.78, 5) is 23.7. The number of carbonyl (C=O) groups is 2. The van der Waals surface area contributed by atoms with Crippen LogP contribution in [0.5, 0.6) is 0 Å². The van der Waals surface area contributed by atoms with Crippen molar-refractivity contribution in [2.75, 3.05) is 13.2 Å². The molecule has 0 aromatic carbocycles. The Labute approximate surface area is 126 Å². The van der Waals surface area contributed by atoms with Crippen molar-refractivity contribution in [2.45, 2.75) is 47.0 Å². The Morgan fingerprint density at radius 2 is 1.90 bits per heavy atom. The van der Waals surface area contributed by atoms with Gasteiger partial charge in [0.1, 0.15) is 5.69 Å². The van der Waals surface area contributed by atoms with Crippen molar-refractivity contribution in [1.82, 2.24) is 9.88 Å². The molecule has 0 saturated heterocycles. The van der Waals surface area contributed by atoms with Crippen LogP contribution in [0.15, 0.2) is 0 Å². The van der Waals surface area contributed by atoms with E-state index in [0.29, 0.717) is 31.7 Å². The highest BCUT2D eigenvalue weighted by molar-refractivity contribution is 5.90. The maximum absolute atomic E-state index is 12.0. The number of rotatable bonds is 7. The Kier molecular flexibility index (Phi) is 6.46. The predicted octanol–water partition coefficient (Wildman–Crippen LogP) is 2.28. The molecule has 0 aliphatic rings. The molecule has 0 atom stereocenters. The molecule has 5 nitrogen and oxygen atoms in total. The van der Waals surface area contributed by atoms with E-state index >= 15 is 0 Å². The molecular weight excluding hydrogens is 268 g/mol. The number of carbonyl (C=O) groups excluding carboxylic acids is 2. The fraction of sp³-hybridized carbons (Fsp3) is 0.625. The SMILES string of the molecule is CCCNC(=O)CCc1c(C)c(C(=O)OCC)n(C)c1C. The molecule has 1 aromatic rings. The first-order valence-electron chi connectivity index (χ1n) is 7.52. The summed E-state index contributed by atoms with van der Waals surface area (Å²) in [5.74, 6) is -0.250. The zero-order valence-electron chi connectivity index (χ0n) is 13.7. The summed E-state index contributed by atoms with van der Waals surface area (Å²) in [7, 11) is 1.86. The molecule has 0 radical (unpaired) electrons. The molecule has 0 fully saturated rings. The van der Waals surface area contributed by atoms with Crippen LogP contribution in [-0.4, -0.2) is 29.6 Å². The lowest BCUT2D eigenvalue weighted by atomic mass is 10.0. The van der Waals surface area contributed by atoms with Crippen LogP contribution < -0.4 is 5.32 Å². The summed E-state index contributed by atoms with van der Waals surface area (Å²) in [6.45, 7) is 8.77. The van der Waals surface area contributed by atoms with Gasteiger partial charge in [0, 0.05) is 25.7 Å². The number of esters is 1. The molecule has 0 bridgehead atoms. The van der Waals surface area contributed by atoms with Gasteiger partial charge in [-0.15, -0.1) is 0 Å². The van der Waals surface area contributed by atoms with Gasteiger partial charge in [-0.05, 0) is 44.7 Å². The van der Waals surface area contributed by atoms with Crippen molar-refractivity contribution in [1.29, 1.82) is 0 Å². The molecule has 21 heavy (non-hydrogen) atoms. The summed E-state index contributed by atoms with van der Waals surface area (Å²) >= 11 is 0. The molecule has 1 rings (SSSR count). The second kappa shape index (κ2) is 7.86. The van der Waals surface area contributed by atoms with E-state index in [1.54, 1.807) is 6.92 Å². The van der Waals surface area contributed by atoms with Crippen LogP contribution >= 0.6 is 0 Å². The van der Waals surface area contributed by atoms with E-state index in [1.165, 1.54) is 0 Å². The maximum Gasteiger partial charge on any atom is 0.355 e. The number of amides is 1. The molecule has 0 aliphatic carbocycles. The second-order valence-electron chi connectivity index (χ2n) is 5.17. The van der Waals surface area contributed by atoms with Crippen LogP contribution in [0.3, 0.4) is 0 Å². The van der Waals surface area contributed by atoms with E-state index in [-0.39, 0.29) is 11.9 Å².